The van der Waals surface area contributed by atoms with Crippen LogP contribution < -0.4 is 5.32 Å². The summed E-state index contributed by atoms with van der Waals surface area (Å²) in [5, 5.41) is 3.48. The van der Waals surface area contributed by atoms with Crippen LogP contribution in [0.2, 0.25) is 0 Å². The Labute approximate surface area is 112 Å². The van der Waals surface area contributed by atoms with Gasteiger partial charge in [0.25, 0.3) is 0 Å². The SMILES string of the molecule is C=C(CNC(C)(C)C)CN(C)C(C)CCSC. The monoisotopic (exact) mass is 258 g/mol. The van der Waals surface area contributed by atoms with Crippen molar-refractivity contribution in [1.82, 2.24) is 10.2 Å². The second kappa shape index (κ2) is 8.17. The summed E-state index contributed by atoms with van der Waals surface area (Å²) in [4.78, 5) is 2.39. The van der Waals surface area contributed by atoms with E-state index in [0.717, 1.165) is 13.1 Å². The lowest BCUT2D eigenvalue weighted by Crippen LogP contribution is -2.39. The second-order valence-corrected chi connectivity index (χ2v) is 6.88. The summed E-state index contributed by atoms with van der Waals surface area (Å²) >= 11 is 1.92. The molecule has 0 bridgehead atoms. The molecule has 2 nitrogen and oxygen atoms in total. The molecule has 0 heterocycles. The summed E-state index contributed by atoms with van der Waals surface area (Å²) in [6.45, 7) is 14.9. The molecule has 1 atom stereocenters. The van der Waals surface area contributed by atoms with E-state index in [1.165, 1.54) is 17.7 Å². The van der Waals surface area contributed by atoms with Gasteiger partial charge in [0.1, 0.15) is 0 Å². The van der Waals surface area contributed by atoms with Gasteiger partial charge in [0.2, 0.25) is 0 Å². The number of hydrogen-bond acceptors (Lipinski definition) is 3. The van der Waals surface area contributed by atoms with E-state index in [9.17, 15) is 0 Å². The summed E-state index contributed by atoms with van der Waals surface area (Å²) in [5.41, 5.74) is 1.44. The van der Waals surface area contributed by atoms with E-state index in [0.29, 0.717) is 6.04 Å². The van der Waals surface area contributed by atoms with Gasteiger partial charge in [0, 0.05) is 24.7 Å². The average Bonchev–Trinajstić information content (AvgIpc) is 2.22. The Bertz CT molecular complexity index is 221. The zero-order valence-electron chi connectivity index (χ0n) is 12.5. The van der Waals surface area contributed by atoms with Crippen molar-refractivity contribution in [2.24, 2.45) is 0 Å². The van der Waals surface area contributed by atoms with Crippen molar-refractivity contribution >= 4 is 11.8 Å². The van der Waals surface area contributed by atoms with E-state index in [4.69, 9.17) is 0 Å². The van der Waals surface area contributed by atoms with Crippen molar-refractivity contribution in [1.29, 1.82) is 0 Å². The Hall–Kier alpha value is 0.0100. The molecule has 0 radical (unpaired) electrons. The summed E-state index contributed by atoms with van der Waals surface area (Å²) in [6.07, 6.45) is 3.41. The molecule has 17 heavy (non-hydrogen) atoms. The van der Waals surface area contributed by atoms with Gasteiger partial charge in [0.15, 0.2) is 0 Å². The van der Waals surface area contributed by atoms with Crippen LogP contribution in [0, 0.1) is 0 Å². The molecule has 1 unspecified atom stereocenters. The third-order valence-corrected chi connectivity index (χ3v) is 3.48. The summed E-state index contributed by atoms with van der Waals surface area (Å²) in [5.74, 6) is 1.23. The smallest absolute Gasteiger partial charge is 0.0202 e. The molecule has 1 N–H and O–H groups in total. The molecule has 3 heteroatoms. The largest absolute Gasteiger partial charge is 0.308 e. The third kappa shape index (κ3) is 9.69. The molecule has 0 spiro atoms. The minimum atomic E-state index is 0.173. The van der Waals surface area contributed by atoms with Gasteiger partial charge in [-0.15, -0.1) is 0 Å². The standard InChI is InChI=1S/C14H30N2S/c1-12(10-15-14(3,4)5)11-16(6)13(2)8-9-17-7/h13,15H,1,8-11H2,2-7H3. The molecule has 0 aliphatic rings. The van der Waals surface area contributed by atoms with Crippen molar-refractivity contribution < 1.29 is 0 Å². The highest BCUT2D eigenvalue weighted by Crippen LogP contribution is 2.08. The van der Waals surface area contributed by atoms with Gasteiger partial charge in [-0.25, -0.2) is 0 Å². The lowest BCUT2D eigenvalue weighted by molar-refractivity contribution is 0.270. The molecular weight excluding hydrogens is 228 g/mol. The Kier molecular flexibility index (Phi) is 8.18. The van der Waals surface area contributed by atoms with Crippen LogP contribution in [-0.4, -0.2) is 48.6 Å². The summed E-state index contributed by atoms with van der Waals surface area (Å²) < 4.78 is 0. The van der Waals surface area contributed by atoms with E-state index >= 15 is 0 Å². The highest BCUT2D eigenvalue weighted by molar-refractivity contribution is 7.98. The normalized spacial score (nSPS) is 14.1. The van der Waals surface area contributed by atoms with Crippen LogP contribution in [0.15, 0.2) is 12.2 Å². The van der Waals surface area contributed by atoms with Gasteiger partial charge < -0.3 is 5.32 Å². The molecular formula is C14H30N2S. The van der Waals surface area contributed by atoms with Crippen molar-refractivity contribution in [3.05, 3.63) is 12.2 Å². The van der Waals surface area contributed by atoms with Crippen LogP contribution in [-0.2, 0) is 0 Å². The Morgan fingerprint density at radius 1 is 1.41 bits per heavy atom. The predicted molar refractivity (Wildman–Crippen MR) is 82.0 cm³/mol. The predicted octanol–water partition coefficient (Wildman–Crippen LogP) is 3.00. The highest BCUT2D eigenvalue weighted by atomic mass is 32.2. The van der Waals surface area contributed by atoms with Gasteiger partial charge >= 0.3 is 0 Å². The zero-order valence-corrected chi connectivity index (χ0v) is 13.3. The Balaban J connectivity index is 3.86. The van der Waals surface area contributed by atoms with Gasteiger partial charge in [-0.05, 0) is 58.7 Å². The van der Waals surface area contributed by atoms with Crippen molar-refractivity contribution in [2.75, 3.05) is 32.1 Å². The second-order valence-electron chi connectivity index (χ2n) is 5.90. The number of likely N-dealkylation sites (N-methyl/N-ethyl adjacent to an activating group) is 1. The number of hydrogen-bond donors (Lipinski definition) is 1. The van der Waals surface area contributed by atoms with E-state index < -0.39 is 0 Å². The number of rotatable bonds is 8. The Morgan fingerprint density at radius 2 is 2.00 bits per heavy atom. The van der Waals surface area contributed by atoms with Crippen molar-refractivity contribution in [3.8, 4) is 0 Å². The molecule has 0 saturated heterocycles. The van der Waals surface area contributed by atoms with E-state index in [1.807, 2.05) is 11.8 Å². The molecule has 0 aromatic carbocycles. The quantitative estimate of drug-likeness (QED) is 0.674. The van der Waals surface area contributed by atoms with Crippen LogP contribution in [0.1, 0.15) is 34.1 Å². The lowest BCUT2D eigenvalue weighted by atomic mass is 10.1. The first-order chi connectivity index (χ1) is 7.76. The highest BCUT2D eigenvalue weighted by Gasteiger charge is 2.12. The minimum Gasteiger partial charge on any atom is -0.308 e. The summed E-state index contributed by atoms with van der Waals surface area (Å²) in [7, 11) is 2.19. The Morgan fingerprint density at radius 3 is 2.47 bits per heavy atom. The third-order valence-electron chi connectivity index (χ3n) is 2.83. The number of nitrogens with zero attached hydrogens (tertiary/aromatic N) is 1. The molecule has 0 aliphatic carbocycles. The van der Waals surface area contributed by atoms with Gasteiger partial charge in [0.05, 0.1) is 0 Å². The molecule has 0 saturated carbocycles. The van der Waals surface area contributed by atoms with E-state index in [1.54, 1.807) is 0 Å². The fourth-order valence-electron chi connectivity index (χ4n) is 1.46. The van der Waals surface area contributed by atoms with Crippen LogP contribution in [0.5, 0.6) is 0 Å². The first-order valence-corrected chi connectivity index (χ1v) is 7.76. The number of thioether (sulfide) groups is 1. The fraction of sp³-hybridized carbons (Fsp3) is 0.857. The maximum Gasteiger partial charge on any atom is 0.0202 e. The molecule has 102 valence electrons. The topological polar surface area (TPSA) is 15.3 Å². The minimum absolute atomic E-state index is 0.173. The van der Waals surface area contributed by atoms with Gasteiger partial charge in [-0.1, -0.05) is 6.58 Å². The molecule has 0 fully saturated rings. The maximum absolute atomic E-state index is 4.15. The maximum atomic E-state index is 4.15. The average molecular weight is 258 g/mol. The van der Waals surface area contributed by atoms with Gasteiger partial charge in [-0.3, -0.25) is 4.90 Å². The van der Waals surface area contributed by atoms with Crippen molar-refractivity contribution in [2.45, 2.75) is 45.7 Å². The van der Waals surface area contributed by atoms with Crippen LogP contribution in [0.4, 0.5) is 0 Å². The van der Waals surface area contributed by atoms with Crippen LogP contribution in [0.3, 0.4) is 0 Å². The summed E-state index contributed by atoms with van der Waals surface area (Å²) in [6, 6.07) is 0.633. The van der Waals surface area contributed by atoms with E-state index in [-0.39, 0.29) is 5.54 Å². The lowest BCUT2D eigenvalue weighted by Gasteiger charge is -2.27. The van der Waals surface area contributed by atoms with Gasteiger partial charge in [-0.2, -0.15) is 11.8 Å². The van der Waals surface area contributed by atoms with Crippen molar-refractivity contribution in [3.63, 3.8) is 0 Å². The molecule has 0 aliphatic heterocycles. The molecule has 0 amide bonds. The molecule has 0 rings (SSSR count). The zero-order chi connectivity index (χ0) is 13.5. The first kappa shape index (κ1) is 17.0. The van der Waals surface area contributed by atoms with E-state index in [2.05, 4.69) is 57.8 Å². The first-order valence-electron chi connectivity index (χ1n) is 6.37. The fourth-order valence-corrected chi connectivity index (χ4v) is 2.04. The van der Waals surface area contributed by atoms with Crippen LogP contribution >= 0.6 is 11.8 Å². The molecule has 0 aromatic rings. The number of nitrogens with one attached hydrogen (secondary N) is 1. The van der Waals surface area contributed by atoms with Crippen LogP contribution in [0.25, 0.3) is 0 Å². The molecule has 0 aromatic heterocycles.